The fourth-order valence-corrected chi connectivity index (χ4v) is 4.43. The van der Waals surface area contributed by atoms with Crippen LogP contribution in [-0.2, 0) is 0 Å². The SMILES string of the molecule is C=c1/c(=C/CF)c(C(=O)NCC(c2ccc(Cl)cc2)N2CCCCC2)cn1-c1ncccn1. The third-order valence-electron chi connectivity index (χ3n) is 5.99. The number of benzene rings is 1. The molecule has 1 aliphatic heterocycles. The fourth-order valence-electron chi connectivity index (χ4n) is 4.30. The van der Waals surface area contributed by atoms with Crippen LogP contribution in [0.25, 0.3) is 18.6 Å². The summed E-state index contributed by atoms with van der Waals surface area (Å²) in [6, 6.07) is 9.49. The highest BCUT2D eigenvalue weighted by Crippen LogP contribution is 2.25. The van der Waals surface area contributed by atoms with E-state index in [1.165, 1.54) is 12.5 Å². The Hall–Kier alpha value is -3.03. The predicted molar refractivity (Wildman–Crippen MR) is 129 cm³/mol. The van der Waals surface area contributed by atoms with Gasteiger partial charge in [-0.25, -0.2) is 14.4 Å². The lowest BCUT2D eigenvalue weighted by atomic mass is 10.0. The number of likely N-dealkylation sites (tertiary alicyclic amines) is 1. The van der Waals surface area contributed by atoms with Crippen molar-refractivity contribution >= 4 is 30.2 Å². The second-order valence-electron chi connectivity index (χ2n) is 8.05. The fraction of sp³-hybridized carbons (Fsp3) is 0.320. The number of nitrogens with zero attached hydrogens (tertiary/aromatic N) is 4. The van der Waals surface area contributed by atoms with Gasteiger partial charge in [-0.3, -0.25) is 14.3 Å². The lowest BCUT2D eigenvalue weighted by Gasteiger charge is -2.35. The van der Waals surface area contributed by atoms with Crippen LogP contribution < -0.4 is 15.9 Å². The molecule has 4 rings (SSSR count). The summed E-state index contributed by atoms with van der Waals surface area (Å²) in [6.45, 7) is 5.71. The van der Waals surface area contributed by atoms with E-state index in [1.807, 2.05) is 24.3 Å². The second kappa shape index (κ2) is 10.7. The molecule has 172 valence electrons. The number of rotatable bonds is 7. The maximum Gasteiger partial charge on any atom is 0.253 e. The molecule has 1 N–H and O–H groups in total. The van der Waals surface area contributed by atoms with Gasteiger partial charge < -0.3 is 5.32 Å². The predicted octanol–water partition coefficient (Wildman–Crippen LogP) is 3.04. The van der Waals surface area contributed by atoms with Gasteiger partial charge in [-0.15, -0.1) is 0 Å². The zero-order valence-corrected chi connectivity index (χ0v) is 19.1. The van der Waals surface area contributed by atoms with Crippen LogP contribution in [0.15, 0.2) is 48.9 Å². The molecule has 1 fully saturated rings. The highest BCUT2D eigenvalue weighted by atomic mass is 35.5. The Morgan fingerprint density at radius 3 is 2.55 bits per heavy atom. The van der Waals surface area contributed by atoms with Crippen molar-refractivity contribution in [2.45, 2.75) is 25.3 Å². The van der Waals surface area contributed by atoms with Gasteiger partial charge in [0.1, 0.15) is 6.67 Å². The average Bonchev–Trinajstić information content (AvgIpc) is 3.18. The Bertz CT molecular complexity index is 1190. The molecule has 1 aliphatic rings. The van der Waals surface area contributed by atoms with E-state index in [4.69, 9.17) is 11.6 Å². The summed E-state index contributed by atoms with van der Waals surface area (Å²) in [4.78, 5) is 24.1. The van der Waals surface area contributed by atoms with Crippen LogP contribution in [0.5, 0.6) is 0 Å². The van der Waals surface area contributed by atoms with Gasteiger partial charge in [-0.1, -0.05) is 36.7 Å². The van der Waals surface area contributed by atoms with Crippen LogP contribution in [0.2, 0.25) is 5.02 Å². The van der Waals surface area contributed by atoms with Crippen molar-refractivity contribution in [1.29, 1.82) is 0 Å². The molecule has 8 heteroatoms. The van der Waals surface area contributed by atoms with Crippen molar-refractivity contribution in [3.63, 3.8) is 0 Å². The Morgan fingerprint density at radius 2 is 1.88 bits per heavy atom. The molecule has 1 aromatic carbocycles. The smallest absolute Gasteiger partial charge is 0.253 e. The number of hydrogen-bond donors (Lipinski definition) is 1. The van der Waals surface area contributed by atoms with Crippen molar-refractivity contribution in [2.75, 3.05) is 26.3 Å². The minimum Gasteiger partial charge on any atom is -0.350 e. The van der Waals surface area contributed by atoms with Crippen LogP contribution in [-0.4, -0.2) is 51.7 Å². The van der Waals surface area contributed by atoms with Crippen molar-refractivity contribution < 1.29 is 9.18 Å². The molecule has 2 aromatic heterocycles. The summed E-state index contributed by atoms with van der Waals surface area (Å²) >= 11 is 6.09. The van der Waals surface area contributed by atoms with E-state index in [0.717, 1.165) is 31.5 Å². The Morgan fingerprint density at radius 1 is 1.18 bits per heavy atom. The van der Waals surface area contributed by atoms with Crippen molar-refractivity contribution in [2.24, 2.45) is 0 Å². The molecular weight excluding hydrogens is 441 g/mol. The first kappa shape index (κ1) is 23.1. The molecule has 0 radical (unpaired) electrons. The Labute approximate surface area is 197 Å². The van der Waals surface area contributed by atoms with Crippen LogP contribution in [0.4, 0.5) is 4.39 Å². The standard InChI is InChI=1S/C25H27ClFN5O/c1-18-21(10-11-27)22(17-32(18)25-28-12-5-13-29-25)24(33)30-16-23(31-14-3-2-4-15-31)19-6-8-20(26)9-7-19/h5-10,12-13,17,23H,1-4,11,14-16H2,(H,30,33)/b21-10-. The topological polar surface area (TPSA) is 63.1 Å². The average molecular weight is 468 g/mol. The molecule has 0 bridgehead atoms. The first-order valence-electron chi connectivity index (χ1n) is 11.1. The summed E-state index contributed by atoms with van der Waals surface area (Å²) in [5.74, 6) is 0.0904. The molecule has 0 saturated carbocycles. The number of hydrogen-bond acceptors (Lipinski definition) is 4. The van der Waals surface area contributed by atoms with E-state index < -0.39 is 6.67 Å². The largest absolute Gasteiger partial charge is 0.350 e. The molecule has 1 atom stereocenters. The summed E-state index contributed by atoms with van der Waals surface area (Å²) in [5, 5.41) is 4.66. The van der Waals surface area contributed by atoms with Gasteiger partial charge in [0.05, 0.1) is 11.6 Å². The van der Waals surface area contributed by atoms with Crippen LogP contribution in [0.3, 0.4) is 0 Å². The molecule has 1 saturated heterocycles. The normalized spacial score (nSPS) is 16.0. The molecule has 3 heterocycles. The Balaban J connectivity index is 1.60. The molecular formula is C25H27ClFN5O. The molecule has 6 nitrogen and oxygen atoms in total. The molecule has 0 aliphatic carbocycles. The van der Waals surface area contributed by atoms with Gasteiger partial charge in [-0.05, 0) is 55.8 Å². The minimum atomic E-state index is -0.705. The molecule has 33 heavy (non-hydrogen) atoms. The van der Waals surface area contributed by atoms with E-state index in [9.17, 15) is 9.18 Å². The zero-order chi connectivity index (χ0) is 23.2. The number of aromatic nitrogens is 3. The third kappa shape index (κ3) is 5.31. The molecule has 0 spiro atoms. The van der Waals surface area contributed by atoms with Gasteiger partial charge in [0.2, 0.25) is 5.95 Å². The Kier molecular flexibility index (Phi) is 7.52. The number of amides is 1. The monoisotopic (exact) mass is 467 g/mol. The van der Waals surface area contributed by atoms with Gasteiger partial charge in [0.25, 0.3) is 5.91 Å². The number of nitrogens with one attached hydrogen (secondary N) is 1. The molecule has 1 amide bonds. The van der Waals surface area contributed by atoms with Crippen molar-refractivity contribution in [3.05, 3.63) is 75.6 Å². The summed E-state index contributed by atoms with van der Waals surface area (Å²) in [6.07, 6.45) is 9.69. The summed E-state index contributed by atoms with van der Waals surface area (Å²) < 4.78 is 14.9. The first-order chi connectivity index (χ1) is 16.1. The number of halogens is 2. The van der Waals surface area contributed by atoms with Crippen molar-refractivity contribution in [1.82, 2.24) is 24.8 Å². The summed E-state index contributed by atoms with van der Waals surface area (Å²) in [5.41, 5.74) is 1.45. The van der Waals surface area contributed by atoms with Gasteiger partial charge >= 0.3 is 0 Å². The van der Waals surface area contributed by atoms with Gasteiger partial charge in [-0.2, -0.15) is 0 Å². The zero-order valence-electron chi connectivity index (χ0n) is 18.4. The van der Waals surface area contributed by atoms with E-state index in [1.54, 1.807) is 29.2 Å². The number of carbonyl (C=O) groups excluding carboxylic acids is 1. The lowest BCUT2D eigenvalue weighted by Crippen LogP contribution is -2.41. The quantitative estimate of drug-likeness (QED) is 0.580. The highest BCUT2D eigenvalue weighted by molar-refractivity contribution is 6.30. The molecule has 3 aromatic rings. The lowest BCUT2D eigenvalue weighted by molar-refractivity contribution is 0.0923. The third-order valence-corrected chi connectivity index (χ3v) is 6.24. The summed E-state index contributed by atoms with van der Waals surface area (Å²) in [7, 11) is 0. The van der Waals surface area contributed by atoms with E-state index in [-0.39, 0.29) is 11.9 Å². The number of alkyl halides is 1. The maximum absolute atomic E-state index is 13.3. The first-order valence-corrected chi connectivity index (χ1v) is 11.5. The number of carbonyl (C=O) groups is 1. The number of piperidine rings is 1. The maximum atomic E-state index is 13.3. The van der Waals surface area contributed by atoms with E-state index in [0.29, 0.717) is 33.6 Å². The second-order valence-corrected chi connectivity index (χ2v) is 8.49. The van der Waals surface area contributed by atoms with Crippen molar-refractivity contribution in [3.8, 4) is 5.95 Å². The van der Waals surface area contributed by atoms with Gasteiger partial charge in [0.15, 0.2) is 0 Å². The van der Waals surface area contributed by atoms with Gasteiger partial charge in [0, 0.05) is 40.7 Å². The minimum absolute atomic E-state index is 0.0267. The van der Waals surface area contributed by atoms with Crippen LogP contribution >= 0.6 is 11.6 Å². The van der Waals surface area contributed by atoms with E-state index in [2.05, 4.69) is 26.8 Å². The van der Waals surface area contributed by atoms with Crippen LogP contribution in [0, 0.1) is 0 Å². The van der Waals surface area contributed by atoms with E-state index >= 15 is 0 Å². The molecule has 1 unspecified atom stereocenters. The highest BCUT2D eigenvalue weighted by Gasteiger charge is 2.24. The van der Waals surface area contributed by atoms with Crippen LogP contribution in [0.1, 0.15) is 41.2 Å².